The van der Waals surface area contributed by atoms with Gasteiger partial charge in [0.05, 0.1) is 16.8 Å². The van der Waals surface area contributed by atoms with Gasteiger partial charge in [-0.25, -0.2) is 4.98 Å². The standard InChI is InChI=1S/C17H13N3/c1-11-14-7-2-3-8-16(14)20-17(15(11)10-18)12-5-4-6-13(19)9-12/h2-9H,19H2,1H3. The van der Waals surface area contributed by atoms with Crippen LogP contribution in [0.25, 0.3) is 22.2 Å². The topological polar surface area (TPSA) is 62.7 Å². The number of pyridine rings is 1. The quantitative estimate of drug-likeness (QED) is 0.678. The number of fused-ring (bicyclic) bond motifs is 1. The van der Waals surface area contributed by atoms with E-state index in [-0.39, 0.29) is 0 Å². The third-order valence-corrected chi connectivity index (χ3v) is 3.42. The van der Waals surface area contributed by atoms with Crippen LogP contribution in [0, 0.1) is 18.3 Å². The Morgan fingerprint density at radius 2 is 1.90 bits per heavy atom. The van der Waals surface area contributed by atoms with Crippen LogP contribution in [0.4, 0.5) is 5.69 Å². The van der Waals surface area contributed by atoms with Crippen LogP contribution in [0.1, 0.15) is 11.1 Å². The van der Waals surface area contributed by atoms with Gasteiger partial charge in [-0.3, -0.25) is 0 Å². The fourth-order valence-electron chi connectivity index (χ4n) is 2.41. The first-order chi connectivity index (χ1) is 9.70. The Labute approximate surface area is 117 Å². The molecule has 0 spiro atoms. The second-order valence-corrected chi connectivity index (χ2v) is 4.71. The lowest BCUT2D eigenvalue weighted by molar-refractivity contribution is 1.32. The van der Waals surface area contributed by atoms with Crippen molar-refractivity contribution in [2.45, 2.75) is 6.92 Å². The van der Waals surface area contributed by atoms with E-state index < -0.39 is 0 Å². The summed E-state index contributed by atoms with van der Waals surface area (Å²) in [6.07, 6.45) is 0. The third-order valence-electron chi connectivity index (χ3n) is 3.42. The zero-order chi connectivity index (χ0) is 14.1. The highest BCUT2D eigenvalue weighted by molar-refractivity contribution is 5.88. The van der Waals surface area contributed by atoms with Crippen molar-refractivity contribution in [3.8, 4) is 17.3 Å². The molecule has 0 saturated heterocycles. The molecule has 2 N–H and O–H groups in total. The summed E-state index contributed by atoms with van der Waals surface area (Å²) in [5.41, 5.74) is 10.5. The summed E-state index contributed by atoms with van der Waals surface area (Å²) in [6, 6.07) is 17.6. The van der Waals surface area contributed by atoms with Crippen LogP contribution in [0.5, 0.6) is 0 Å². The smallest absolute Gasteiger partial charge is 0.102 e. The number of benzene rings is 2. The summed E-state index contributed by atoms with van der Waals surface area (Å²) in [5, 5.41) is 10.5. The Kier molecular flexibility index (Phi) is 2.85. The van der Waals surface area contributed by atoms with Crippen molar-refractivity contribution < 1.29 is 0 Å². The molecule has 20 heavy (non-hydrogen) atoms. The van der Waals surface area contributed by atoms with Gasteiger partial charge >= 0.3 is 0 Å². The minimum Gasteiger partial charge on any atom is -0.399 e. The Hall–Kier alpha value is -2.86. The highest BCUT2D eigenvalue weighted by Crippen LogP contribution is 2.29. The molecule has 0 saturated carbocycles. The van der Waals surface area contributed by atoms with Crippen molar-refractivity contribution in [2.24, 2.45) is 0 Å². The summed E-state index contributed by atoms with van der Waals surface area (Å²) in [6.45, 7) is 1.96. The minimum absolute atomic E-state index is 0.606. The summed E-state index contributed by atoms with van der Waals surface area (Å²) in [5.74, 6) is 0. The second-order valence-electron chi connectivity index (χ2n) is 4.71. The number of anilines is 1. The second kappa shape index (κ2) is 4.67. The zero-order valence-corrected chi connectivity index (χ0v) is 11.1. The van der Waals surface area contributed by atoms with Gasteiger partial charge in [0.25, 0.3) is 0 Å². The Balaban J connectivity index is 2.39. The molecule has 1 aromatic heterocycles. The summed E-state index contributed by atoms with van der Waals surface area (Å²) in [4.78, 5) is 4.64. The van der Waals surface area contributed by atoms with Crippen LogP contribution in [-0.4, -0.2) is 4.98 Å². The molecule has 0 aliphatic heterocycles. The molecule has 3 nitrogen and oxygen atoms in total. The summed E-state index contributed by atoms with van der Waals surface area (Å²) < 4.78 is 0. The van der Waals surface area contributed by atoms with Crippen LogP contribution >= 0.6 is 0 Å². The van der Waals surface area contributed by atoms with Gasteiger partial charge in [0.15, 0.2) is 0 Å². The SMILES string of the molecule is Cc1c(C#N)c(-c2cccc(N)c2)nc2ccccc12. The Morgan fingerprint density at radius 3 is 2.65 bits per heavy atom. The number of nitrogens with zero attached hydrogens (tertiary/aromatic N) is 2. The monoisotopic (exact) mass is 259 g/mol. The number of aryl methyl sites for hydroxylation is 1. The van der Waals surface area contributed by atoms with E-state index in [2.05, 4.69) is 11.1 Å². The van der Waals surface area contributed by atoms with Gasteiger partial charge in [-0.1, -0.05) is 30.3 Å². The van der Waals surface area contributed by atoms with Gasteiger partial charge in [-0.05, 0) is 30.7 Å². The van der Waals surface area contributed by atoms with E-state index in [1.54, 1.807) is 0 Å². The van der Waals surface area contributed by atoms with E-state index in [4.69, 9.17) is 5.73 Å². The number of hydrogen-bond donors (Lipinski definition) is 1. The first-order valence-corrected chi connectivity index (χ1v) is 6.36. The van der Waals surface area contributed by atoms with E-state index in [0.717, 1.165) is 22.0 Å². The molecule has 0 unspecified atom stereocenters. The van der Waals surface area contributed by atoms with Gasteiger partial charge in [0.2, 0.25) is 0 Å². The first-order valence-electron chi connectivity index (χ1n) is 6.36. The summed E-state index contributed by atoms with van der Waals surface area (Å²) >= 11 is 0. The molecular formula is C17H13N3. The van der Waals surface area contributed by atoms with Crippen molar-refractivity contribution >= 4 is 16.6 Å². The fourth-order valence-corrected chi connectivity index (χ4v) is 2.41. The molecule has 0 aliphatic rings. The highest BCUT2D eigenvalue weighted by Gasteiger charge is 2.13. The number of rotatable bonds is 1. The van der Waals surface area contributed by atoms with Crippen molar-refractivity contribution in [2.75, 3.05) is 5.73 Å². The maximum Gasteiger partial charge on any atom is 0.102 e. The van der Waals surface area contributed by atoms with Crippen molar-refractivity contribution in [3.63, 3.8) is 0 Å². The van der Waals surface area contributed by atoms with E-state index in [1.807, 2.05) is 55.5 Å². The lowest BCUT2D eigenvalue weighted by Crippen LogP contribution is -1.96. The molecule has 2 aromatic carbocycles. The molecule has 3 aromatic rings. The highest BCUT2D eigenvalue weighted by atomic mass is 14.7. The fraction of sp³-hybridized carbons (Fsp3) is 0.0588. The Morgan fingerprint density at radius 1 is 1.10 bits per heavy atom. The first kappa shape index (κ1) is 12.2. The maximum absolute atomic E-state index is 9.47. The predicted octanol–water partition coefficient (Wildman–Crippen LogP) is 3.66. The van der Waals surface area contributed by atoms with Crippen LogP contribution in [0.3, 0.4) is 0 Å². The maximum atomic E-state index is 9.47. The third kappa shape index (κ3) is 1.88. The summed E-state index contributed by atoms with van der Waals surface area (Å²) in [7, 11) is 0. The molecule has 0 bridgehead atoms. The van der Waals surface area contributed by atoms with Gasteiger partial charge in [0.1, 0.15) is 6.07 Å². The average molecular weight is 259 g/mol. The van der Waals surface area contributed by atoms with E-state index in [9.17, 15) is 5.26 Å². The van der Waals surface area contributed by atoms with Gasteiger partial charge in [-0.15, -0.1) is 0 Å². The molecule has 3 rings (SSSR count). The molecule has 96 valence electrons. The van der Waals surface area contributed by atoms with Crippen LogP contribution in [0.15, 0.2) is 48.5 Å². The molecule has 3 heteroatoms. The number of para-hydroxylation sites is 1. The molecule has 0 fully saturated rings. The van der Waals surface area contributed by atoms with Crippen LogP contribution < -0.4 is 5.73 Å². The average Bonchev–Trinajstić information content (AvgIpc) is 2.47. The van der Waals surface area contributed by atoms with Gasteiger partial charge in [0, 0.05) is 16.6 Å². The van der Waals surface area contributed by atoms with E-state index in [1.165, 1.54) is 0 Å². The zero-order valence-electron chi connectivity index (χ0n) is 11.1. The normalized spacial score (nSPS) is 10.4. The number of nitrogen functional groups attached to an aromatic ring is 1. The molecule has 0 aliphatic carbocycles. The number of aromatic nitrogens is 1. The van der Waals surface area contributed by atoms with E-state index in [0.29, 0.717) is 16.9 Å². The van der Waals surface area contributed by atoms with Gasteiger partial charge < -0.3 is 5.73 Å². The van der Waals surface area contributed by atoms with Crippen molar-refractivity contribution in [1.82, 2.24) is 4.98 Å². The number of hydrogen-bond acceptors (Lipinski definition) is 3. The van der Waals surface area contributed by atoms with Crippen LogP contribution in [-0.2, 0) is 0 Å². The molecule has 0 atom stereocenters. The Bertz CT molecular complexity index is 844. The minimum atomic E-state index is 0.606. The molecule has 0 radical (unpaired) electrons. The molecular weight excluding hydrogens is 246 g/mol. The lowest BCUT2D eigenvalue weighted by Gasteiger charge is -2.10. The predicted molar refractivity (Wildman–Crippen MR) is 81.0 cm³/mol. The van der Waals surface area contributed by atoms with Gasteiger partial charge in [-0.2, -0.15) is 5.26 Å². The van der Waals surface area contributed by atoms with E-state index >= 15 is 0 Å². The van der Waals surface area contributed by atoms with Crippen molar-refractivity contribution in [3.05, 3.63) is 59.7 Å². The van der Waals surface area contributed by atoms with Crippen LogP contribution in [0.2, 0.25) is 0 Å². The number of nitrogens with two attached hydrogens (primary N) is 1. The lowest BCUT2D eigenvalue weighted by atomic mass is 9.98. The number of nitriles is 1. The molecule has 0 amide bonds. The van der Waals surface area contributed by atoms with Crippen molar-refractivity contribution in [1.29, 1.82) is 5.26 Å². The molecule has 1 heterocycles. The largest absolute Gasteiger partial charge is 0.399 e.